The summed E-state index contributed by atoms with van der Waals surface area (Å²) in [5.74, 6) is 0. The van der Waals surface area contributed by atoms with Crippen molar-refractivity contribution >= 4 is 34.5 Å². The van der Waals surface area contributed by atoms with Gasteiger partial charge in [-0.25, -0.2) is 0 Å². The molecule has 1 aromatic heterocycles. The Morgan fingerprint density at radius 1 is 1.23 bits per heavy atom. The van der Waals surface area contributed by atoms with Crippen molar-refractivity contribution < 1.29 is 0 Å². The molecule has 13 heavy (non-hydrogen) atoms. The zero-order valence-corrected chi connectivity index (χ0v) is 9.68. The third-order valence-corrected chi connectivity index (χ3v) is 3.45. The third-order valence-electron chi connectivity index (χ3n) is 1.88. The Bertz CT molecular complexity index is 260. The molecule has 0 aliphatic heterocycles. The molecule has 1 aromatic rings. The summed E-state index contributed by atoms with van der Waals surface area (Å²) in [4.78, 5) is 0. The van der Waals surface area contributed by atoms with Crippen LogP contribution in [0.2, 0.25) is 8.67 Å². The summed E-state index contributed by atoms with van der Waals surface area (Å²) >= 11 is 13.2. The van der Waals surface area contributed by atoms with Crippen LogP contribution in [0.1, 0.15) is 24.8 Å². The molecule has 0 saturated heterocycles. The van der Waals surface area contributed by atoms with E-state index >= 15 is 0 Å². The molecule has 0 fully saturated rings. The van der Waals surface area contributed by atoms with Crippen molar-refractivity contribution in [2.24, 2.45) is 5.73 Å². The number of nitrogens with two attached hydrogens (primary N) is 1. The van der Waals surface area contributed by atoms with Gasteiger partial charge in [0.15, 0.2) is 0 Å². The van der Waals surface area contributed by atoms with E-state index in [4.69, 9.17) is 28.9 Å². The monoisotopic (exact) mass is 237 g/mol. The SMILES string of the molecule is NCCCCCc1cc(Cl)sc1Cl. The van der Waals surface area contributed by atoms with Crippen molar-refractivity contribution in [3.05, 3.63) is 20.3 Å². The van der Waals surface area contributed by atoms with E-state index in [0.29, 0.717) is 0 Å². The highest BCUT2D eigenvalue weighted by Crippen LogP contribution is 2.32. The van der Waals surface area contributed by atoms with E-state index in [2.05, 4.69) is 0 Å². The lowest BCUT2D eigenvalue weighted by Gasteiger charge is -1.97. The van der Waals surface area contributed by atoms with Gasteiger partial charge < -0.3 is 5.73 Å². The van der Waals surface area contributed by atoms with Crippen molar-refractivity contribution in [1.29, 1.82) is 0 Å². The molecular formula is C9H13Cl2NS. The van der Waals surface area contributed by atoms with Crippen LogP contribution >= 0.6 is 34.5 Å². The Hall–Kier alpha value is 0.240. The van der Waals surface area contributed by atoms with Gasteiger partial charge in [0.2, 0.25) is 0 Å². The second-order valence-electron chi connectivity index (χ2n) is 2.95. The number of thiophene rings is 1. The van der Waals surface area contributed by atoms with Gasteiger partial charge in [-0.1, -0.05) is 29.6 Å². The van der Waals surface area contributed by atoms with Crippen molar-refractivity contribution in [2.45, 2.75) is 25.7 Å². The van der Waals surface area contributed by atoms with Gasteiger partial charge in [-0.2, -0.15) is 0 Å². The standard InChI is InChI=1S/C9H13Cl2NS/c10-8-6-7(9(11)13-8)4-2-1-3-5-12/h6H,1-5,12H2. The average Bonchev–Trinajstić information content (AvgIpc) is 2.39. The molecule has 0 saturated carbocycles. The van der Waals surface area contributed by atoms with E-state index in [1.165, 1.54) is 23.3 Å². The molecule has 0 amide bonds. The molecule has 0 aliphatic carbocycles. The van der Waals surface area contributed by atoms with Crippen LogP contribution in [-0.4, -0.2) is 6.54 Å². The molecule has 0 spiro atoms. The van der Waals surface area contributed by atoms with Crippen molar-refractivity contribution in [1.82, 2.24) is 0 Å². The molecule has 0 aromatic carbocycles. The maximum Gasteiger partial charge on any atom is 0.0976 e. The van der Waals surface area contributed by atoms with E-state index in [-0.39, 0.29) is 0 Å². The summed E-state index contributed by atoms with van der Waals surface area (Å²) < 4.78 is 1.61. The van der Waals surface area contributed by atoms with Gasteiger partial charge in [0.25, 0.3) is 0 Å². The quantitative estimate of drug-likeness (QED) is 0.777. The minimum Gasteiger partial charge on any atom is -0.330 e. The second kappa shape index (κ2) is 5.86. The van der Waals surface area contributed by atoms with Gasteiger partial charge in [0, 0.05) is 0 Å². The Labute approximate surface area is 92.8 Å². The van der Waals surface area contributed by atoms with Gasteiger partial charge in [-0.3, -0.25) is 0 Å². The zero-order chi connectivity index (χ0) is 9.68. The molecule has 1 nitrogen and oxygen atoms in total. The molecule has 2 N–H and O–H groups in total. The number of halogens is 2. The van der Waals surface area contributed by atoms with Crippen molar-refractivity contribution in [2.75, 3.05) is 6.54 Å². The van der Waals surface area contributed by atoms with E-state index in [1.54, 1.807) is 0 Å². The van der Waals surface area contributed by atoms with Crippen LogP contribution in [0.25, 0.3) is 0 Å². The first-order valence-electron chi connectivity index (χ1n) is 4.38. The van der Waals surface area contributed by atoms with Crippen molar-refractivity contribution in [3.8, 4) is 0 Å². The molecular weight excluding hydrogens is 225 g/mol. The van der Waals surface area contributed by atoms with Gasteiger partial charge in [0.1, 0.15) is 0 Å². The van der Waals surface area contributed by atoms with Crippen LogP contribution in [0.3, 0.4) is 0 Å². The predicted octanol–water partition coefficient (Wildman–Crippen LogP) is 3.73. The molecule has 0 unspecified atom stereocenters. The fourth-order valence-electron chi connectivity index (χ4n) is 1.18. The highest BCUT2D eigenvalue weighted by Gasteiger charge is 2.04. The number of unbranched alkanes of at least 4 members (excludes halogenated alkanes) is 2. The lowest BCUT2D eigenvalue weighted by atomic mass is 10.1. The van der Waals surface area contributed by atoms with Crippen LogP contribution in [0, 0.1) is 0 Å². The Kier molecular flexibility index (Phi) is 5.10. The molecule has 0 radical (unpaired) electrons. The summed E-state index contributed by atoms with van der Waals surface area (Å²) in [5, 5.41) is 0. The maximum atomic E-state index is 5.97. The Morgan fingerprint density at radius 2 is 2.00 bits per heavy atom. The van der Waals surface area contributed by atoms with Crippen LogP contribution in [0.5, 0.6) is 0 Å². The minimum atomic E-state index is 0.776. The highest BCUT2D eigenvalue weighted by atomic mass is 35.5. The van der Waals surface area contributed by atoms with Crippen LogP contribution in [0.15, 0.2) is 6.07 Å². The number of hydrogen-bond acceptors (Lipinski definition) is 2. The predicted molar refractivity (Wildman–Crippen MR) is 60.9 cm³/mol. The van der Waals surface area contributed by atoms with Crippen LogP contribution < -0.4 is 5.73 Å². The summed E-state index contributed by atoms with van der Waals surface area (Å²) in [6.07, 6.45) is 4.42. The molecule has 1 heterocycles. The zero-order valence-electron chi connectivity index (χ0n) is 7.35. The first-order chi connectivity index (χ1) is 6.24. The van der Waals surface area contributed by atoms with Crippen molar-refractivity contribution in [3.63, 3.8) is 0 Å². The largest absolute Gasteiger partial charge is 0.330 e. The maximum absolute atomic E-state index is 5.97. The second-order valence-corrected chi connectivity index (χ2v) is 5.23. The van der Waals surface area contributed by atoms with Crippen LogP contribution in [-0.2, 0) is 6.42 Å². The Balaban J connectivity index is 2.32. The normalized spacial score (nSPS) is 10.7. The minimum absolute atomic E-state index is 0.776. The summed E-state index contributed by atoms with van der Waals surface area (Å²) in [6.45, 7) is 0.776. The van der Waals surface area contributed by atoms with E-state index in [9.17, 15) is 0 Å². The van der Waals surface area contributed by atoms with Gasteiger partial charge >= 0.3 is 0 Å². The third kappa shape index (κ3) is 3.86. The molecule has 1 rings (SSSR count). The number of hydrogen-bond donors (Lipinski definition) is 1. The number of aryl methyl sites for hydroxylation is 1. The summed E-state index contributed by atoms with van der Waals surface area (Å²) in [7, 11) is 0. The van der Waals surface area contributed by atoms with Gasteiger partial charge in [-0.15, -0.1) is 11.3 Å². The van der Waals surface area contributed by atoms with Gasteiger partial charge in [-0.05, 0) is 37.4 Å². The first kappa shape index (κ1) is 11.3. The Morgan fingerprint density at radius 3 is 2.54 bits per heavy atom. The molecule has 0 bridgehead atoms. The lowest BCUT2D eigenvalue weighted by Crippen LogP contribution is -1.98. The van der Waals surface area contributed by atoms with Crippen LogP contribution in [0.4, 0.5) is 0 Å². The highest BCUT2D eigenvalue weighted by molar-refractivity contribution is 7.20. The molecule has 4 heteroatoms. The molecule has 74 valence electrons. The number of rotatable bonds is 5. The molecule has 0 aliphatic rings. The summed E-state index contributed by atoms with van der Waals surface area (Å²) in [5.41, 5.74) is 6.57. The summed E-state index contributed by atoms with van der Waals surface area (Å²) in [6, 6.07) is 1.96. The van der Waals surface area contributed by atoms with E-state index in [1.807, 2.05) is 6.07 Å². The fraction of sp³-hybridized carbons (Fsp3) is 0.556. The first-order valence-corrected chi connectivity index (χ1v) is 5.95. The van der Waals surface area contributed by atoms with E-state index in [0.717, 1.165) is 34.5 Å². The smallest absolute Gasteiger partial charge is 0.0976 e. The topological polar surface area (TPSA) is 26.0 Å². The average molecular weight is 238 g/mol. The van der Waals surface area contributed by atoms with Gasteiger partial charge in [0.05, 0.1) is 8.67 Å². The fourth-order valence-corrected chi connectivity index (χ4v) is 2.73. The lowest BCUT2D eigenvalue weighted by molar-refractivity contribution is 0.687. The molecule has 0 atom stereocenters. The van der Waals surface area contributed by atoms with E-state index < -0.39 is 0 Å².